The van der Waals surface area contributed by atoms with Gasteiger partial charge in [0.25, 0.3) is 5.91 Å². The topological polar surface area (TPSA) is 109 Å². The third-order valence-corrected chi connectivity index (χ3v) is 2.98. The highest BCUT2D eigenvalue weighted by atomic mass is 79.9. The summed E-state index contributed by atoms with van der Waals surface area (Å²) in [6, 6.07) is 1.41. The lowest BCUT2D eigenvalue weighted by molar-refractivity contribution is -0.119. The summed E-state index contributed by atoms with van der Waals surface area (Å²) in [4.78, 5) is 27.0. The molecule has 0 spiro atoms. The van der Waals surface area contributed by atoms with Gasteiger partial charge in [0.1, 0.15) is 0 Å². The van der Waals surface area contributed by atoms with Crippen LogP contribution in [0.25, 0.3) is 0 Å². The predicted molar refractivity (Wildman–Crippen MR) is 68.6 cm³/mol. The number of nitrogen functional groups attached to an aromatic ring is 1. The van der Waals surface area contributed by atoms with E-state index in [1.807, 2.05) is 0 Å². The Morgan fingerprint density at radius 1 is 1.61 bits per heavy atom. The lowest BCUT2D eigenvalue weighted by Gasteiger charge is -2.12. The molecule has 5 N–H and O–H groups in total. The number of aromatic nitrogens is 1. The van der Waals surface area contributed by atoms with E-state index in [0.717, 1.165) is 0 Å². The van der Waals surface area contributed by atoms with E-state index in [0.29, 0.717) is 23.0 Å². The van der Waals surface area contributed by atoms with Crippen LogP contribution in [-0.2, 0) is 4.79 Å². The molecule has 1 unspecified atom stereocenters. The van der Waals surface area contributed by atoms with Crippen molar-refractivity contribution in [1.29, 1.82) is 0 Å². The Labute approximate surface area is 112 Å². The van der Waals surface area contributed by atoms with Crippen LogP contribution in [0.3, 0.4) is 0 Å². The number of anilines is 1. The maximum absolute atomic E-state index is 12.0. The second-order valence-corrected chi connectivity index (χ2v) is 4.79. The number of hydrogen-bond acceptors (Lipinski definition) is 5. The molecule has 1 aromatic heterocycles. The van der Waals surface area contributed by atoms with Gasteiger partial charge in [-0.1, -0.05) is 0 Å². The Balaban J connectivity index is 2.13. The molecule has 0 radical (unpaired) electrons. The zero-order valence-corrected chi connectivity index (χ0v) is 11.0. The lowest BCUT2D eigenvalue weighted by atomic mass is 10.2. The van der Waals surface area contributed by atoms with Crippen LogP contribution < -0.4 is 21.9 Å². The van der Waals surface area contributed by atoms with Crippen LogP contribution >= 0.6 is 15.9 Å². The van der Waals surface area contributed by atoms with Crippen LogP contribution in [0.2, 0.25) is 0 Å². The molecule has 7 nitrogen and oxygen atoms in total. The molecule has 2 amide bonds. The number of nitrogens with two attached hydrogens (primary N) is 1. The van der Waals surface area contributed by atoms with Crippen molar-refractivity contribution in [3.8, 4) is 0 Å². The van der Waals surface area contributed by atoms with Crippen LogP contribution in [0.1, 0.15) is 16.8 Å². The molecule has 0 bridgehead atoms. The Bertz CT molecular complexity index is 493. The van der Waals surface area contributed by atoms with Gasteiger partial charge in [-0.15, -0.1) is 0 Å². The van der Waals surface area contributed by atoms with Crippen LogP contribution in [0, 0.1) is 0 Å². The number of hydrogen-bond donors (Lipinski definition) is 4. The van der Waals surface area contributed by atoms with Crippen LogP contribution in [0.5, 0.6) is 0 Å². The van der Waals surface area contributed by atoms with Gasteiger partial charge in [-0.05, 0) is 22.0 Å². The quantitative estimate of drug-likeness (QED) is 0.454. The average molecular weight is 314 g/mol. The second-order valence-electron chi connectivity index (χ2n) is 3.87. The minimum atomic E-state index is -0.321. The number of pyridine rings is 1. The number of rotatable bonds is 3. The van der Waals surface area contributed by atoms with Crippen LogP contribution in [0.4, 0.5) is 5.82 Å². The summed E-state index contributed by atoms with van der Waals surface area (Å²) >= 11 is 3.24. The number of halogens is 1. The van der Waals surface area contributed by atoms with E-state index in [2.05, 4.69) is 37.0 Å². The van der Waals surface area contributed by atoms with Gasteiger partial charge >= 0.3 is 0 Å². The van der Waals surface area contributed by atoms with Gasteiger partial charge in [-0.25, -0.2) is 10.8 Å². The maximum atomic E-state index is 12.0. The first kappa shape index (κ1) is 12.8. The highest BCUT2D eigenvalue weighted by Gasteiger charge is 2.24. The van der Waals surface area contributed by atoms with E-state index >= 15 is 0 Å². The van der Waals surface area contributed by atoms with Crippen molar-refractivity contribution < 1.29 is 9.59 Å². The fourth-order valence-corrected chi connectivity index (χ4v) is 2.03. The molecule has 0 aromatic carbocycles. The van der Waals surface area contributed by atoms with Crippen molar-refractivity contribution in [2.75, 3.05) is 12.0 Å². The van der Waals surface area contributed by atoms with E-state index in [1.165, 1.54) is 6.20 Å². The number of carbonyl (C=O) groups is 2. The SMILES string of the molecule is NNc1ncc(Br)cc1C(=O)NC1CNC(=O)C1. The highest BCUT2D eigenvalue weighted by Crippen LogP contribution is 2.17. The Morgan fingerprint density at radius 2 is 2.39 bits per heavy atom. The summed E-state index contributed by atoms with van der Waals surface area (Å²) < 4.78 is 0.673. The van der Waals surface area contributed by atoms with E-state index in [1.54, 1.807) is 6.07 Å². The van der Waals surface area contributed by atoms with Gasteiger partial charge in [-0.3, -0.25) is 9.59 Å². The first-order valence-electron chi connectivity index (χ1n) is 5.30. The molecule has 1 atom stereocenters. The van der Waals surface area contributed by atoms with Gasteiger partial charge < -0.3 is 16.1 Å². The second kappa shape index (κ2) is 5.32. The largest absolute Gasteiger partial charge is 0.354 e. The van der Waals surface area contributed by atoms with Gasteiger partial charge in [0.05, 0.1) is 11.6 Å². The molecule has 1 saturated heterocycles. The van der Waals surface area contributed by atoms with Crippen molar-refractivity contribution in [1.82, 2.24) is 15.6 Å². The average Bonchev–Trinajstić information content (AvgIpc) is 2.74. The molecule has 1 aliphatic rings. The molecular formula is C10H12BrN5O2. The van der Waals surface area contributed by atoms with Crippen molar-refractivity contribution in [2.24, 2.45) is 5.84 Å². The predicted octanol–water partition coefficient (Wildman–Crippen LogP) is -0.252. The molecule has 1 aromatic rings. The number of nitrogens with zero attached hydrogens (tertiary/aromatic N) is 1. The fraction of sp³-hybridized carbons (Fsp3) is 0.300. The molecule has 1 aliphatic heterocycles. The number of hydrazine groups is 1. The number of amides is 2. The van der Waals surface area contributed by atoms with Gasteiger partial charge in [0.2, 0.25) is 5.91 Å². The minimum absolute atomic E-state index is 0.0650. The van der Waals surface area contributed by atoms with Crippen LogP contribution in [-0.4, -0.2) is 29.4 Å². The van der Waals surface area contributed by atoms with Crippen molar-refractivity contribution in [3.05, 3.63) is 22.3 Å². The van der Waals surface area contributed by atoms with E-state index in [9.17, 15) is 9.59 Å². The number of carbonyl (C=O) groups excluding carboxylic acids is 2. The first-order chi connectivity index (χ1) is 8.60. The summed E-state index contributed by atoms with van der Waals surface area (Å²) in [7, 11) is 0. The summed E-state index contributed by atoms with van der Waals surface area (Å²) in [5, 5.41) is 5.40. The minimum Gasteiger partial charge on any atom is -0.354 e. The molecule has 8 heteroatoms. The molecular weight excluding hydrogens is 302 g/mol. The molecule has 1 fully saturated rings. The molecule has 0 aliphatic carbocycles. The van der Waals surface area contributed by atoms with Crippen LogP contribution in [0.15, 0.2) is 16.7 Å². The standard InChI is InChI=1S/C10H12BrN5O2/c11-5-1-7(9(16-12)14-3-5)10(18)15-6-2-8(17)13-4-6/h1,3,6H,2,4,12H2,(H,13,17)(H,14,16)(H,15,18). The van der Waals surface area contributed by atoms with E-state index in [4.69, 9.17) is 5.84 Å². The van der Waals surface area contributed by atoms with Gasteiger partial charge in [0.15, 0.2) is 5.82 Å². The normalized spacial score (nSPS) is 18.3. The summed E-state index contributed by atoms with van der Waals surface area (Å²) in [6.07, 6.45) is 1.82. The van der Waals surface area contributed by atoms with E-state index in [-0.39, 0.29) is 23.7 Å². The molecule has 96 valence electrons. The third kappa shape index (κ3) is 2.77. The summed E-state index contributed by atoms with van der Waals surface area (Å²) in [5.41, 5.74) is 2.69. The Kier molecular flexibility index (Phi) is 3.78. The molecule has 2 rings (SSSR count). The Hall–Kier alpha value is -1.67. The summed E-state index contributed by atoms with van der Waals surface area (Å²) in [6.45, 7) is 0.442. The zero-order valence-electron chi connectivity index (χ0n) is 9.37. The first-order valence-corrected chi connectivity index (χ1v) is 6.09. The van der Waals surface area contributed by atoms with Crippen molar-refractivity contribution in [3.63, 3.8) is 0 Å². The van der Waals surface area contributed by atoms with Gasteiger partial charge in [0, 0.05) is 23.6 Å². The maximum Gasteiger partial charge on any atom is 0.255 e. The third-order valence-electron chi connectivity index (χ3n) is 2.55. The highest BCUT2D eigenvalue weighted by molar-refractivity contribution is 9.10. The fourth-order valence-electron chi connectivity index (χ4n) is 1.70. The lowest BCUT2D eigenvalue weighted by Crippen LogP contribution is -2.36. The van der Waals surface area contributed by atoms with Crippen molar-refractivity contribution in [2.45, 2.75) is 12.5 Å². The monoisotopic (exact) mass is 313 g/mol. The molecule has 18 heavy (non-hydrogen) atoms. The van der Waals surface area contributed by atoms with Gasteiger partial charge in [-0.2, -0.15) is 0 Å². The molecule has 2 heterocycles. The smallest absolute Gasteiger partial charge is 0.255 e. The van der Waals surface area contributed by atoms with Crippen molar-refractivity contribution >= 4 is 33.6 Å². The molecule has 0 saturated carbocycles. The zero-order chi connectivity index (χ0) is 13.1. The number of nitrogens with one attached hydrogen (secondary N) is 3. The Morgan fingerprint density at radius 3 is 3.00 bits per heavy atom. The summed E-state index contributed by atoms with van der Waals surface area (Å²) in [5.74, 6) is 5.19. The van der Waals surface area contributed by atoms with E-state index < -0.39 is 0 Å².